The lowest BCUT2D eigenvalue weighted by Crippen LogP contribution is -2.52. The minimum Gasteiger partial charge on any atom is -0.388 e. The van der Waals surface area contributed by atoms with E-state index in [9.17, 15) is 15.0 Å². The number of amides is 1. The molecule has 0 aromatic rings. The minimum absolute atomic E-state index is 0.294. The zero-order valence-corrected chi connectivity index (χ0v) is 7.21. The Morgan fingerprint density at radius 1 is 1.23 bits per heavy atom. The van der Waals surface area contributed by atoms with Crippen LogP contribution in [0.1, 0.15) is 6.92 Å². The molecular formula is C8H13NO4. The van der Waals surface area contributed by atoms with Crippen LogP contribution in [0.4, 0.5) is 0 Å². The average molecular weight is 187 g/mol. The van der Waals surface area contributed by atoms with Gasteiger partial charge < -0.3 is 20.6 Å². The predicted octanol–water partition coefficient (Wildman–Crippen LogP) is -1.86. The molecule has 0 saturated heterocycles. The van der Waals surface area contributed by atoms with Crippen molar-refractivity contribution in [1.29, 1.82) is 0 Å². The van der Waals surface area contributed by atoms with E-state index in [-0.39, 0.29) is 5.91 Å². The summed E-state index contributed by atoms with van der Waals surface area (Å²) in [6.45, 7) is 1.32. The Bertz CT molecular complexity index is 228. The van der Waals surface area contributed by atoms with E-state index in [1.54, 1.807) is 0 Å². The van der Waals surface area contributed by atoms with Crippen LogP contribution in [0.3, 0.4) is 0 Å². The van der Waals surface area contributed by atoms with Gasteiger partial charge in [0.25, 0.3) is 0 Å². The van der Waals surface area contributed by atoms with E-state index < -0.39 is 24.4 Å². The lowest BCUT2D eigenvalue weighted by atomic mass is 9.94. The first kappa shape index (κ1) is 10.2. The van der Waals surface area contributed by atoms with Crippen LogP contribution in [0, 0.1) is 0 Å². The second kappa shape index (κ2) is 3.87. The largest absolute Gasteiger partial charge is 0.388 e. The average Bonchev–Trinajstić information content (AvgIpc) is 2.06. The number of nitrogens with one attached hydrogen (secondary N) is 1. The Morgan fingerprint density at radius 3 is 2.38 bits per heavy atom. The van der Waals surface area contributed by atoms with Gasteiger partial charge in [0.05, 0.1) is 6.04 Å². The maximum atomic E-state index is 10.6. The molecule has 0 aliphatic heterocycles. The third-order valence-electron chi connectivity index (χ3n) is 1.95. The van der Waals surface area contributed by atoms with Gasteiger partial charge in [-0.1, -0.05) is 12.2 Å². The quantitative estimate of drug-likeness (QED) is 0.362. The maximum Gasteiger partial charge on any atom is 0.217 e. The Labute approximate surface area is 75.7 Å². The van der Waals surface area contributed by atoms with Crippen molar-refractivity contribution in [3.05, 3.63) is 12.2 Å². The fourth-order valence-corrected chi connectivity index (χ4v) is 1.24. The van der Waals surface area contributed by atoms with Crippen molar-refractivity contribution in [3.63, 3.8) is 0 Å². The van der Waals surface area contributed by atoms with Crippen molar-refractivity contribution in [3.8, 4) is 0 Å². The summed E-state index contributed by atoms with van der Waals surface area (Å²) < 4.78 is 0. The van der Waals surface area contributed by atoms with Crippen molar-refractivity contribution in [2.75, 3.05) is 0 Å². The molecule has 0 fully saturated rings. The number of hydrogen-bond acceptors (Lipinski definition) is 4. The third-order valence-corrected chi connectivity index (χ3v) is 1.95. The molecule has 74 valence electrons. The van der Waals surface area contributed by atoms with Gasteiger partial charge in [-0.25, -0.2) is 0 Å². The van der Waals surface area contributed by atoms with Crippen LogP contribution < -0.4 is 5.32 Å². The zero-order chi connectivity index (χ0) is 10.0. The molecule has 0 radical (unpaired) electrons. The van der Waals surface area contributed by atoms with Gasteiger partial charge in [0.1, 0.15) is 18.3 Å². The van der Waals surface area contributed by atoms with E-state index in [2.05, 4.69) is 5.32 Å². The number of hydrogen-bond donors (Lipinski definition) is 4. The standard InChI is InChI=1S/C8H13NO4/c1-4(10)9-5-2-3-6(11)8(13)7(5)12/h2-3,5-8,11-13H,1H3,(H,9,10)/t5-,6+,7+,8-/m0/s1. The molecule has 0 aromatic heterocycles. The van der Waals surface area contributed by atoms with Gasteiger partial charge in [-0.3, -0.25) is 4.79 Å². The molecule has 0 spiro atoms. The minimum atomic E-state index is -1.25. The number of carbonyl (C=O) groups excluding carboxylic acids is 1. The molecule has 0 unspecified atom stereocenters. The topological polar surface area (TPSA) is 89.8 Å². The molecule has 0 bridgehead atoms. The third kappa shape index (κ3) is 2.27. The number of aliphatic hydroxyl groups excluding tert-OH is 3. The maximum absolute atomic E-state index is 10.6. The van der Waals surface area contributed by atoms with E-state index in [0.717, 1.165) is 0 Å². The number of aliphatic hydroxyl groups is 3. The van der Waals surface area contributed by atoms with E-state index >= 15 is 0 Å². The molecule has 0 aromatic carbocycles. The Morgan fingerprint density at radius 2 is 1.85 bits per heavy atom. The van der Waals surface area contributed by atoms with Crippen LogP contribution in [-0.2, 0) is 4.79 Å². The molecule has 5 nitrogen and oxygen atoms in total. The predicted molar refractivity (Wildman–Crippen MR) is 44.8 cm³/mol. The highest BCUT2D eigenvalue weighted by molar-refractivity contribution is 5.73. The molecule has 1 aliphatic rings. The van der Waals surface area contributed by atoms with Gasteiger partial charge in [-0.05, 0) is 0 Å². The van der Waals surface area contributed by atoms with Crippen LogP contribution in [0.2, 0.25) is 0 Å². The molecule has 1 rings (SSSR count). The molecule has 4 atom stereocenters. The van der Waals surface area contributed by atoms with E-state index in [4.69, 9.17) is 5.11 Å². The first-order chi connectivity index (χ1) is 6.02. The molecule has 13 heavy (non-hydrogen) atoms. The van der Waals surface area contributed by atoms with Gasteiger partial charge in [-0.15, -0.1) is 0 Å². The Hall–Kier alpha value is -0.910. The smallest absolute Gasteiger partial charge is 0.217 e. The van der Waals surface area contributed by atoms with Crippen LogP contribution in [-0.4, -0.2) is 45.6 Å². The molecule has 5 heteroatoms. The van der Waals surface area contributed by atoms with Gasteiger partial charge >= 0.3 is 0 Å². The van der Waals surface area contributed by atoms with E-state index in [1.807, 2.05) is 0 Å². The number of carbonyl (C=O) groups is 1. The van der Waals surface area contributed by atoms with Crippen LogP contribution in [0.5, 0.6) is 0 Å². The fraction of sp³-hybridized carbons (Fsp3) is 0.625. The zero-order valence-electron chi connectivity index (χ0n) is 7.21. The second-order valence-electron chi connectivity index (χ2n) is 3.08. The highest BCUT2D eigenvalue weighted by Crippen LogP contribution is 2.13. The SMILES string of the molecule is CC(=O)N[C@H]1C=C[C@@H](O)[C@H](O)[C@@H]1O. The van der Waals surface area contributed by atoms with Gasteiger partial charge in [0, 0.05) is 6.92 Å². The second-order valence-corrected chi connectivity index (χ2v) is 3.08. The van der Waals surface area contributed by atoms with Crippen LogP contribution in [0.15, 0.2) is 12.2 Å². The molecule has 1 amide bonds. The Balaban J connectivity index is 2.66. The van der Waals surface area contributed by atoms with E-state index in [1.165, 1.54) is 19.1 Å². The summed E-state index contributed by atoms with van der Waals surface area (Å²) in [6, 6.07) is -0.629. The fourth-order valence-electron chi connectivity index (χ4n) is 1.24. The van der Waals surface area contributed by atoms with Gasteiger partial charge in [0.15, 0.2) is 0 Å². The molecule has 4 N–H and O–H groups in total. The summed E-state index contributed by atoms with van der Waals surface area (Å²) in [5.41, 5.74) is 0. The highest BCUT2D eigenvalue weighted by atomic mass is 16.4. The molecule has 0 saturated carbocycles. The van der Waals surface area contributed by atoms with Crippen molar-refractivity contribution < 1.29 is 20.1 Å². The van der Waals surface area contributed by atoms with Gasteiger partial charge in [0.2, 0.25) is 5.91 Å². The summed E-state index contributed by atoms with van der Waals surface area (Å²) in [4.78, 5) is 10.6. The van der Waals surface area contributed by atoms with Gasteiger partial charge in [-0.2, -0.15) is 0 Å². The summed E-state index contributed by atoms with van der Waals surface area (Å²) in [5, 5.41) is 30.1. The molecule has 1 aliphatic carbocycles. The summed E-state index contributed by atoms with van der Waals surface area (Å²) >= 11 is 0. The first-order valence-electron chi connectivity index (χ1n) is 4.02. The monoisotopic (exact) mass is 187 g/mol. The lowest BCUT2D eigenvalue weighted by molar-refractivity contribution is -0.121. The van der Waals surface area contributed by atoms with Crippen molar-refractivity contribution in [1.82, 2.24) is 5.32 Å². The summed E-state index contributed by atoms with van der Waals surface area (Å²) in [6.07, 6.45) is -0.674. The summed E-state index contributed by atoms with van der Waals surface area (Å²) in [7, 11) is 0. The highest BCUT2D eigenvalue weighted by Gasteiger charge is 2.32. The molecule has 0 heterocycles. The van der Waals surface area contributed by atoms with Crippen LogP contribution >= 0.6 is 0 Å². The van der Waals surface area contributed by atoms with E-state index in [0.29, 0.717) is 0 Å². The lowest BCUT2D eigenvalue weighted by Gasteiger charge is -2.30. The van der Waals surface area contributed by atoms with Crippen LogP contribution in [0.25, 0.3) is 0 Å². The van der Waals surface area contributed by atoms with Crippen molar-refractivity contribution >= 4 is 5.91 Å². The summed E-state index contributed by atoms with van der Waals surface area (Å²) in [5.74, 6) is -0.294. The van der Waals surface area contributed by atoms with Crippen molar-refractivity contribution in [2.45, 2.75) is 31.3 Å². The Kier molecular flexibility index (Phi) is 3.02. The first-order valence-corrected chi connectivity index (χ1v) is 4.02. The number of rotatable bonds is 1. The van der Waals surface area contributed by atoms with Crippen molar-refractivity contribution in [2.24, 2.45) is 0 Å². The normalized spacial score (nSPS) is 38.8. The molecular weight excluding hydrogens is 174 g/mol.